The Bertz CT molecular complexity index is 423. The fraction of sp³-hybridized carbons (Fsp3) is 1.00. The summed E-state index contributed by atoms with van der Waals surface area (Å²) in [6.07, 6.45) is 4.66. The quantitative estimate of drug-likeness (QED) is 0.694. The third kappa shape index (κ3) is 5.17. The van der Waals surface area contributed by atoms with E-state index >= 15 is 0 Å². The van der Waals surface area contributed by atoms with Crippen molar-refractivity contribution in [2.45, 2.75) is 31.7 Å². The fourth-order valence-electron chi connectivity index (χ4n) is 2.68. The molecule has 1 aliphatic heterocycles. The maximum Gasteiger partial charge on any atom is 0.281 e. The van der Waals surface area contributed by atoms with E-state index in [1.54, 1.807) is 11.4 Å². The van der Waals surface area contributed by atoms with Crippen molar-refractivity contribution in [3.05, 3.63) is 0 Å². The van der Waals surface area contributed by atoms with Gasteiger partial charge in [-0.05, 0) is 52.2 Å². The molecule has 1 unspecified atom stereocenters. The summed E-state index contributed by atoms with van der Waals surface area (Å²) in [5, 5.41) is 3.53. The lowest BCUT2D eigenvalue weighted by Crippen LogP contribution is -2.49. The van der Waals surface area contributed by atoms with Gasteiger partial charge in [0.25, 0.3) is 10.2 Å². The molecule has 1 heterocycles. The van der Waals surface area contributed by atoms with Gasteiger partial charge in [0.15, 0.2) is 0 Å². The molecule has 1 N–H and O–H groups in total. The van der Waals surface area contributed by atoms with E-state index in [4.69, 9.17) is 0 Å². The molecular formula is C14H30N4O2S. The van der Waals surface area contributed by atoms with E-state index in [-0.39, 0.29) is 0 Å². The SMILES string of the molecule is CN(C)CCN(C)S(=O)(=O)N1CCCC(CNC2CC2)C1. The second-order valence-electron chi connectivity index (χ2n) is 6.68. The second-order valence-corrected chi connectivity index (χ2v) is 8.72. The molecule has 1 saturated carbocycles. The molecule has 1 atom stereocenters. The first-order valence-electron chi connectivity index (χ1n) is 7.99. The minimum absolute atomic E-state index is 0.455. The molecule has 0 bridgehead atoms. The Balaban J connectivity index is 1.85. The van der Waals surface area contributed by atoms with Gasteiger partial charge in [0.1, 0.15) is 0 Å². The number of hydrogen-bond donors (Lipinski definition) is 1. The first-order valence-corrected chi connectivity index (χ1v) is 9.39. The summed E-state index contributed by atoms with van der Waals surface area (Å²) in [5.41, 5.74) is 0. The molecule has 0 amide bonds. The number of rotatable bonds is 8. The van der Waals surface area contributed by atoms with Gasteiger partial charge in [-0.1, -0.05) is 0 Å². The number of likely N-dealkylation sites (N-methyl/N-ethyl adjacent to an activating group) is 2. The Morgan fingerprint density at radius 3 is 2.48 bits per heavy atom. The molecule has 0 aromatic carbocycles. The minimum atomic E-state index is -3.30. The second kappa shape index (κ2) is 7.37. The lowest BCUT2D eigenvalue weighted by atomic mass is 10.00. The summed E-state index contributed by atoms with van der Waals surface area (Å²) in [7, 11) is 2.30. The molecule has 2 rings (SSSR count). The monoisotopic (exact) mass is 318 g/mol. The van der Waals surface area contributed by atoms with Crippen molar-refractivity contribution in [3.8, 4) is 0 Å². The number of nitrogens with zero attached hydrogens (tertiary/aromatic N) is 3. The van der Waals surface area contributed by atoms with Crippen LogP contribution in [0.3, 0.4) is 0 Å². The lowest BCUT2D eigenvalue weighted by Gasteiger charge is -2.34. The van der Waals surface area contributed by atoms with Crippen molar-refractivity contribution in [2.24, 2.45) is 5.92 Å². The van der Waals surface area contributed by atoms with Gasteiger partial charge in [0.2, 0.25) is 0 Å². The van der Waals surface area contributed by atoms with Gasteiger partial charge in [-0.2, -0.15) is 17.0 Å². The van der Waals surface area contributed by atoms with Crippen LogP contribution in [-0.2, 0) is 10.2 Å². The van der Waals surface area contributed by atoms with Crippen LogP contribution in [0.4, 0.5) is 0 Å². The highest BCUT2D eigenvalue weighted by Gasteiger charge is 2.32. The average molecular weight is 318 g/mol. The van der Waals surface area contributed by atoms with E-state index in [0.29, 0.717) is 31.6 Å². The Kier molecular flexibility index (Phi) is 6.02. The molecule has 6 nitrogen and oxygen atoms in total. The molecular weight excluding hydrogens is 288 g/mol. The summed E-state index contributed by atoms with van der Waals surface area (Å²) < 4.78 is 28.4. The maximum atomic E-state index is 12.6. The smallest absolute Gasteiger partial charge is 0.281 e. The molecule has 7 heteroatoms. The molecule has 0 aromatic heterocycles. The van der Waals surface area contributed by atoms with Crippen LogP contribution in [-0.4, -0.2) is 81.8 Å². The number of piperidine rings is 1. The van der Waals surface area contributed by atoms with Crippen LogP contribution in [0.1, 0.15) is 25.7 Å². The Hall–Kier alpha value is -0.210. The zero-order chi connectivity index (χ0) is 15.5. The zero-order valence-electron chi connectivity index (χ0n) is 13.6. The van der Waals surface area contributed by atoms with Crippen LogP contribution in [0.2, 0.25) is 0 Å². The summed E-state index contributed by atoms with van der Waals surface area (Å²) in [6, 6.07) is 0.694. The topological polar surface area (TPSA) is 55.9 Å². The molecule has 124 valence electrons. The lowest BCUT2D eigenvalue weighted by molar-refractivity contribution is 0.243. The van der Waals surface area contributed by atoms with Crippen LogP contribution < -0.4 is 5.32 Å². The first-order chi connectivity index (χ1) is 9.89. The summed E-state index contributed by atoms with van der Waals surface area (Å²) >= 11 is 0. The molecule has 0 aromatic rings. The summed E-state index contributed by atoms with van der Waals surface area (Å²) in [5.74, 6) is 0.455. The average Bonchev–Trinajstić information content (AvgIpc) is 3.27. The molecule has 2 aliphatic rings. The first kappa shape index (κ1) is 17.1. The van der Waals surface area contributed by atoms with Crippen molar-refractivity contribution in [3.63, 3.8) is 0 Å². The van der Waals surface area contributed by atoms with Gasteiger partial charge in [-0.3, -0.25) is 0 Å². The molecule has 1 saturated heterocycles. The van der Waals surface area contributed by atoms with Gasteiger partial charge in [0.05, 0.1) is 0 Å². The highest BCUT2D eigenvalue weighted by atomic mass is 32.2. The van der Waals surface area contributed by atoms with E-state index < -0.39 is 10.2 Å². The predicted octanol–water partition coefficient (Wildman–Crippen LogP) is 0.189. The third-order valence-corrected chi connectivity index (χ3v) is 6.29. The van der Waals surface area contributed by atoms with Crippen molar-refractivity contribution in [2.75, 3.05) is 53.9 Å². The largest absolute Gasteiger partial charge is 0.314 e. The van der Waals surface area contributed by atoms with E-state index in [2.05, 4.69) is 5.32 Å². The predicted molar refractivity (Wildman–Crippen MR) is 85.4 cm³/mol. The van der Waals surface area contributed by atoms with Crippen LogP contribution in [0, 0.1) is 5.92 Å². The van der Waals surface area contributed by atoms with Crippen LogP contribution in [0.5, 0.6) is 0 Å². The van der Waals surface area contributed by atoms with Gasteiger partial charge in [-0.15, -0.1) is 0 Å². The normalized spacial score (nSPS) is 24.9. The van der Waals surface area contributed by atoms with E-state index in [1.165, 1.54) is 17.1 Å². The Morgan fingerprint density at radius 2 is 1.86 bits per heavy atom. The van der Waals surface area contributed by atoms with Gasteiger partial charge in [-0.25, -0.2) is 0 Å². The number of nitrogens with one attached hydrogen (secondary N) is 1. The maximum absolute atomic E-state index is 12.6. The fourth-order valence-corrected chi connectivity index (χ4v) is 4.14. The van der Waals surface area contributed by atoms with E-state index in [1.807, 2.05) is 19.0 Å². The summed E-state index contributed by atoms with van der Waals surface area (Å²) in [6.45, 7) is 3.56. The van der Waals surface area contributed by atoms with Gasteiger partial charge in [0, 0.05) is 39.3 Å². The van der Waals surface area contributed by atoms with Crippen molar-refractivity contribution >= 4 is 10.2 Å². The molecule has 0 spiro atoms. The van der Waals surface area contributed by atoms with Gasteiger partial charge >= 0.3 is 0 Å². The third-order valence-electron chi connectivity index (χ3n) is 4.34. The van der Waals surface area contributed by atoms with Crippen molar-refractivity contribution < 1.29 is 8.42 Å². The van der Waals surface area contributed by atoms with Gasteiger partial charge < -0.3 is 10.2 Å². The van der Waals surface area contributed by atoms with Crippen molar-refractivity contribution in [1.82, 2.24) is 18.8 Å². The Labute approximate surface area is 129 Å². The van der Waals surface area contributed by atoms with E-state index in [0.717, 1.165) is 25.9 Å². The number of hydrogen-bond acceptors (Lipinski definition) is 4. The van der Waals surface area contributed by atoms with Crippen LogP contribution in [0.15, 0.2) is 0 Å². The molecule has 21 heavy (non-hydrogen) atoms. The molecule has 2 fully saturated rings. The highest BCUT2D eigenvalue weighted by molar-refractivity contribution is 7.86. The zero-order valence-corrected chi connectivity index (χ0v) is 14.4. The van der Waals surface area contributed by atoms with E-state index in [9.17, 15) is 8.42 Å². The standard InChI is InChI=1S/C14H30N4O2S/c1-16(2)9-10-17(3)21(19,20)18-8-4-5-13(12-18)11-15-14-6-7-14/h13-15H,4-12H2,1-3H3. The van der Waals surface area contributed by atoms with Crippen LogP contribution in [0.25, 0.3) is 0 Å². The van der Waals surface area contributed by atoms with Crippen LogP contribution >= 0.6 is 0 Å². The molecule has 0 radical (unpaired) electrons. The molecule has 1 aliphatic carbocycles. The summed E-state index contributed by atoms with van der Waals surface area (Å²) in [4.78, 5) is 2.00. The highest BCUT2D eigenvalue weighted by Crippen LogP contribution is 2.23. The van der Waals surface area contributed by atoms with Crippen molar-refractivity contribution in [1.29, 1.82) is 0 Å². The minimum Gasteiger partial charge on any atom is -0.314 e. The Morgan fingerprint density at radius 1 is 1.14 bits per heavy atom.